The number of ether oxygens (including phenoxy) is 1. The van der Waals surface area contributed by atoms with Crippen LogP contribution in [-0.2, 0) is 0 Å². The first-order chi connectivity index (χ1) is 17.1. The molecule has 36 heavy (non-hydrogen) atoms. The molecule has 0 aromatic heterocycles. The molecule has 4 aromatic rings. The molecule has 0 aliphatic carbocycles. The lowest BCUT2D eigenvalue weighted by Crippen LogP contribution is -2.32. The monoisotopic (exact) mass is 492 g/mol. The zero-order valence-electron chi connectivity index (χ0n) is 20.0. The molecule has 0 radical (unpaired) electrons. The molecule has 0 heterocycles. The summed E-state index contributed by atoms with van der Waals surface area (Å²) < 4.78 is 33.5. The number of rotatable bonds is 9. The summed E-state index contributed by atoms with van der Waals surface area (Å²) in [6.45, 7) is 5.68. The van der Waals surface area contributed by atoms with Crippen molar-refractivity contribution in [3.8, 4) is 11.5 Å². The summed E-state index contributed by atoms with van der Waals surface area (Å²) in [5, 5.41) is 15.9. The summed E-state index contributed by atoms with van der Waals surface area (Å²) in [4.78, 5) is 23.1. The Morgan fingerprint density at radius 3 is 2.08 bits per heavy atom. The lowest BCUT2D eigenvalue weighted by molar-refractivity contribution is 0.242. The van der Waals surface area contributed by atoms with Crippen LogP contribution in [0.3, 0.4) is 0 Å². The maximum atomic E-state index is 13.9. The summed E-state index contributed by atoms with van der Waals surface area (Å²) >= 11 is 0. The van der Waals surface area contributed by atoms with Crippen LogP contribution in [0.25, 0.3) is 0 Å². The molecule has 0 spiro atoms. The Morgan fingerprint density at radius 1 is 0.806 bits per heavy atom. The van der Waals surface area contributed by atoms with Gasteiger partial charge in [0.2, 0.25) is 0 Å². The third-order valence-corrected chi connectivity index (χ3v) is 5.76. The Bertz CT molecular complexity index is 1420. The second-order valence-corrected chi connectivity index (χ2v) is 8.89. The Kier molecular flexibility index (Phi) is 7.17. The van der Waals surface area contributed by atoms with Crippen molar-refractivity contribution in [2.75, 3.05) is 5.32 Å². The molecular weight excluding hydrogens is 466 g/mol. The van der Waals surface area contributed by atoms with E-state index < -0.39 is 40.3 Å². The minimum Gasteiger partial charge on any atom is -0.502 e. The Labute approximate surface area is 206 Å². The molecule has 2 atom stereocenters. The maximum Gasteiger partial charge on any atom is 0.271 e. The van der Waals surface area contributed by atoms with Crippen LogP contribution < -0.4 is 26.2 Å². The molecule has 0 aliphatic heterocycles. The molecule has 0 aliphatic rings. The van der Waals surface area contributed by atoms with E-state index in [1.54, 1.807) is 25.1 Å². The van der Waals surface area contributed by atoms with Crippen LogP contribution >= 0.6 is 0 Å². The topological polar surface area (TPSA) is 87.7 Å². The summed E-state index contributed by atoms with van der Waals surface area (Å²) in [5.41, 5.74) is 0.720. The SMILES string of the molecule is CC(C)Oc1ccc(C(NC(C)c2cc(F)cc(F)c2)c2cccc(Nc3c(O)c(=O)c3=O)c2)cc1. The number of hydrogen-bond acceptors (Lipinski definition) is 6. The Hall–Kier alpha value is -4.04. The van der Waals surface area contributed by atoms with Crippen LogP contribution in [0.4, 0.5) is 20.2 Å². The number of hydrogen-bond donors (Lipinski definition) is 3. The van der Waals surface area contributed by atoms with Crippen LogP contribution in [-0.4, -0.2) is 11.2 Å². The van der Waals surface area contributed by atoms with Crippen molar-refractivity contribution in [3.05, 3.63) is 116 Å². The second-order valence-electron chi connectivity index (χ2n) is 8.89. The molecule has 0 amide bonds. The quantitative estimate of drug-likeness (QED) is 0.277. The Balaban J connectivity index is 1.68. The molecule has 2 unspecified atom stereocenters. The van der Waals surface area contributed by atoms with Crippen molar-refractivity contribution in [1.29, 1.82) is 0 Å². The van der Waals surface area contributed by atoms with Gasteiger partial charge in [0, 0.05) is 17.8 Å². The van der Waals surface area contributed by atoms with E-state index in [0.29, 0.717) is 17.0 Å². The average Bonchev–Trinajstić information content (AvgIpc) is 2.85. The molecule has 3 N–H and O–H groups in total. The van der Waals surface area contributed by atoms with E-state index in [2.05, 4.69) is 10.6 Å². The second kappa shape index (κ2) is 10.3. The molecule has 0 fully saturated rings. The standard InChI is InChI=1S/C28H26F2N2O4/c1-15(2)36-23-9-7-17(8-10-23)24(31-16(3)19-11-20(29)14-21(30)12-19)18-5-4-6-22(13-18)32-25-26(33)28(35)27(25)34/h4-16,24,31-33H,1-3H3. The molecule has 0 saturated carbocycles. The molecule has 186 valence electrons. The highest BCUT2D eigenvalue weighted by molar-refractivity contribution is 5.69. The highest BCUT2D eigenvalue weighted by Gasteiger charge is 2.22. The van der Waals surface area contributed by atoms with E-state index in [4.69, 9.17) is 4.74 Å². The van der Waals surface area contributed by atoms with Gasteiger partial charge in [0.1, 0.15) is 23.1 Å². The largest absolute Gasteiger partial charge is 0.502 e. The molecule has 4 rings (SSSR count). The lowest BCUT2D eigenvalue weighted by atomic mass is 9.96. The molecule has 6 nitrogen and oxygen atoms in total. The zero-order chi connectivity index (χ0) is 26.0. The highest BCUT2D eigenvalue weighted by Crippen LogP contribution is 2.31. The van der Waals surface area contributed by atoms with Gasteiger partial charge in [-0.3, -0.25) is 14.9 Å². The van der Waals surface area contributed by atoms with E-state index in [-0.39, 0.29) is 11.8 Å². The summed E-state index contributed by atoms with van der Waals surface area (Å²) in [6, 6.07) is 17.1. The van der Waals surface area contributed by atoms with Gasteiger partial charge >= 0.3 is 0 Å². The van der Waals surface area contributed by atoms with Crippen molar-refractivity contribution >= 4 is 11.4 Å². The predicted octanol–water partition coefficient (Wildman–Crippen LogP) is 5.24. The van der Waals surface area contributed by atoms with Gasteiger partial charge in [-0.2, -0.15) is 0 Å². The fraction of sp³-hybridized carbons (Fsp3) is 0.214. The van der Waals surface area contributed by atoms with Gasteiger partial charge in [-0.15, -0.1) is 0 Å². The van der Waals surface area contributed by atoms with E-state index in [0.717, 1.165) is 17.2 Å². The number of anilines is 2. The first-order valence-electron chi connectivity index (χ1n) is 11.5. The normalized spacial score (nSPS) is 13.1. The zero-order valence-corrected chi connectivity index (χ0v) is 20.0. The van der Waals surface area contributed by atoms with E-state index in [1.165, 1.54) is 12.1 Å². The number of aromatic hydroxyl groups is 1. The molecular formula is C28H26F2N2O4. The molecule has 0 saturated heterocycles. The van der Waals surface area contributed by atoms with Crippen LogP contribution in [0.1, 0.15) is 49.5 Å². The maximum absolute atomic E-state index is 13.9. The van der Waals surface area contributed by atoms with Crippen molar-refractivity contribution < 1.29 is 18.6 Å². The summed E-state index contributed by atoms with van der Waals surface area (Å²) in [5.74, 6) is -1.21. The summed E-state index contributed by atoms with van der Waals surface area (Å²) in [6.07, 6.45) is 0.0160. The van der Waals surface area contributed by atoms with Crippen molar-refractivity contribution in [1.82, 2.24) is 5.32 Å². The summed E-state index contributed by atoms with van der Waals surface area (Å²) in [7, 11) is 0. The lowest BCUT2D eigenvalue weighted by Gasteiger charge is -2.26. The number of benzene rings is 3. The molecule has 8 heteroatoms. The van der Waals surface area contributed by atoms with Crippen molar-refractivity contribution in [3.63, 3.8) is 0 Å². The molecule has 0 bridgehead atoms. The van der Waals surface area contributed by atoms with Crippen molar-refractivity contribution in [2.45, 2.75) is 39.0 Å². The third-order valence-electron chi connectivity index (χ3n) is 5.76. The minimum atomic E-state index is -0.923. The number of nitrogens with one attached hydrogen (secondary N) is 2. The smallest absolute Gasteiger partial charge is 0.271 e. The van der Waals surface area contributed by atoms with Crippen molar-refractivity contribution in [2.24, 2.45) is 0 Å². The van der Waals surface area contributed by atoms with E-state index >= 15 is 0 Å². The van der Waals surface area contributed by atoms with Gasteiger partial charge in [0.25, 0.3) is 10.9 Å². The minimum absolute atomic E-state index is 0.0160. The average molecular weight is 493 g/mol. The van der Waals surface area contributed by atoms with Gasteiger partial charge < -0.3 is 15.2 Å². The molecule has 4 aromatic carbocycles. The highest BCUT2D eigenvalue weighted by atomic mass is 19.1. The van der Waals surface area contributed by atoms with Gasteiger partial charge in [0.15, 0.2) is 5.75 Å². The van der Waals surface area contributed by atoms with E-state index in [1.807, 2.05) is 44.2 Å². The van der Waals surface area contributed by atoms with Crippen LogP contribution in [0.5, 0.6) is 11.5 Å². The first kappa shape index (κ1) is 25.1. The van der Waals surface area contributed by atoms with E-state index in [9.17, 15) is 23.5 Å². The first-order valence-corrected chi connectivity index (χ1v) is 11.5. The van der Waals surface area contributed by atoms with Gasteiger partial charge in [-0.1, -0.05) is 24.3 Å². The third kappa shape index (κ3) is 5.44. The number of halogens is 2. The predicted molar refractivity (Wildman–Crippen MR) is 135 cm³/mol. The van der Waals surface area contributed by atoms with Crippen LogP contribution in [0, 0.1) is 11.6 Å². The fourth-order valence-corrected chi connectivity index (χ4v) is 4.00. The van der Waals surface area contributed by atoms with Crippen LogP contribution in [0.2, 0.25) is 0 Å². The Morgan fingerprint density at radius 2 is 1.47 bits per heavy atom. The van der Waals surface area contributed by atoms with Gasteiger partial charge in [-0.25, -0.2) is 8.78 Å². The van der Waals surface area contributed by atoms with Crippen LogP contribution in [0.15, 0.2) is 76.3 Å². The fourth-order valence-electron chi connectivity index (χ4n) is 4.00. The van der Waals surface area contributed by atoms with Gasteiger partial charge in [0.05, 0.1) is 12.1 Å². The van der Waals surface area contributed by atoms with Gasteiger partial charge in [-0.05, 0) is 73.9 Å².